The van der Waals surface area contributed by atoms with Crippen LogP contribution in [0.1, 0.15) is 39.8 Å². The van der Waals surface area contributed by atoms with Gasteiger partial charge in [-0.1, -0.05) is 0 Å². The Hall–Kier alpha value is -3.21. The molecule has 0 atom stereocenters. The van der Waals surface area contributed by atoms with Crippen LogP contribution in [0, 0.1) is 26.6 Å². The molecule has 0 fully saturated rings. The Kier molecular flexibility index (Phi) is 5.73. The molecule has 1 heterocycles. The van der Waals surface area contributed by atoms with Gasteiger partial charge in [-0.25, -0.2) is 9.18 Å². The zero-order chi connectivity index (χ0) is 20.3. The number of halogens is 1. The lowest BCUT2D eigenvalue weighted by atomic mass is 10.2. The number of hydrogen-bond donors (Lipinski definition) is 0. The molecule has 144 valence electrons. The number of carbonyl (C=O) groups excluding carboxylic acids is 1. The number of hydrogen-bond acceptors (Lipinski definition) is 3. The molecule has 0 saturated heterocycles. The fraction of sp³-hybridized carbons (Fsp3) is 0.217. The van der Waals surface area contributed by atoms with Gasteiger partial charge in [0.25, 0.3) is 0 Å². The molecular weight excluding hydrogens is 355 g/mol. The predicted molar refractivity (Wildman–Crippen MR) is 110 cm³/mol. The zero-order valence-electron chi connectivity index (χ0n) is 16.5. The highest BCUT2D eigenvalue weighted by Gasteiger charge is 2.11. The van der Waals surface area contributed by atoms with Crippen molar-refractivity contribution in [3.63, 3.8) is 0 Å². The minimum atomic E-state index is -0.322. The van der Waals surface area contributed by atoms with Crippen molar-refractivity contribution in [1.29, 1.82) is 0 Å². The summed E-state index contributed by atoms with van der Waals surface area (Å²) in [6, 6.07) is 14.2. The normalized spacial score (nSPS) is 11.2. The van der Waals surface area contributed by atoms with Gasteiger partial charge in [-0.05, 0) is 81.8 Å². The first-order valence-electron chi connectivity index (χ1n) is 9.17. The molecule has 0 radical (unpaired) electrons. The molecule has 3 rings (SSSR count). The standard InChI is InChI=1S/C23H23FN2O2/c1-5-28-23(27)18-6-9-21(10-7-18)26-16(3)13-19(17(26)4)14-25-20-8-11-22(24)15(2)12-20/h6-14H,5H2,1-4H3. The SMILES string of the molecule is CCOC(=O)c1ccc(-n2c(C)cc(C=Nc3ccc(F)c(C)c3)c2C)cc1. The van der Waals surface area contributed by atoms with Gasteiger partial charge in [-0.2, -0.15) is 0 Å². The summed E-state index contributed by atoms with van der Waals surface area (Å²) in [5.74, 6) is -0.555. The number of ether oxygens (including phenoxy) is 1. The van der Waals surface area contributed by atoms with Crippen molar-refractivity contribution in [2.75, 3.05) is 6.61 Å². The van der Waals surface area contributed by atoms with E-state index in [1.54, 1.807) is 44.3 Å². The summed E-state index contributed by atoms with van der Waals surface area (Å²) in [7, 11) is 0. The third kappa shape index (κ3) is 4.03. The van der Waals surface area contributed by atoms with Gasteiger partial charge >= 0.3 is 5.97 Å². The second-order valence-corrected chi connectivity index (χ2v) is 6.62. The minimum absolute atomic E-state index is 0.233. The van der Waals surface area contributed by atoms with Crippen LogP contribution in [0.2, 0.25) is 0 Å². The van der Waals surface area contributed by atoms with Crippen LogP contribution in [0.3, 0.4) is 0 Å². The smallest absolute Gasteiger partial charge is 0.338 e. The summed E-state index contributed by atoms with van der Waals surface area (Å²) in [4.78, 5) is 16.3. The van der Waals surface area contributed by atoms with Gasteiger partial charge in [0, 0.05) is 28.9 Å². The Balaban J connectivity index is 1.88. The van der Waals surface area contributed by atoms with Gasteiger partial charge in [-0.3, -0.25) is 4.99 Å². The second kappa shape index (κ2) is 8.21. The number of aromatic nitrogens is 1. The molecule has 0 aliphatic heterocycles. The molecule has 3 aromatic rings. The maximum absolute atomic E-state index is 13.4. The molecular formula is C23H23FN2O2. The Labute approximate surface area is 164 Å². The van der Waals surface area contributed by atoms with Gasteiger partial charge in [0.05, 0.1) is 17.9 Å². The van der Waals surface area contributed by atoms with Crippen LogP contribution >= 0.6 is 0 Å². The molecule has 0 aliphatic rings. The third-order valence-electron chi connectivity index (χ3n) is 4.60. The third-order valence-corrected chi connectivity index (χ3v) is 4.60. The molecule has 0 aliphatic carbocycles. The summed E-state index contributed by atoms with van der Waals surface area (Å²) in [5.41, 5.74) is 5.84. The molecule has 0 bridgehead atoms. The van der Waals surface area contributed by atoms with Crippen LogP contribution in [-0.4, -0.2) is 23.4 Å². The quantitative estimate of drug-likeness (QED) is 0.436. The molecule has 1 aromatic heterocycles. The van der Waals surface area contributed by atoms with Crippen LogP contribution in [0.25, 0.3) is 5.69 Å². The molecule has 0 amide bonds. The lowest BCUT2D eigenvalue weighted by molar-refractivity contribution is 0.0526. The minimum Gasteiger partial charge on any atom is -0.462 e. The van der Waals surface area contributed by atoms with Crippen molar-refractivity contribution < 1.29 is 13.9 Å². The van der Waals surface area contributed by atoms with Gasteiger partial charge in [0.1, 0.15) is 5.82 Å². The first-order chi connectivity index (χ1) is 13.4. The van der Waals surface area contributed by atoms with Crippen LogP contribution in [0.15, 0.2) is 53.5 Å². The summed E-state index contributed by atoms with van der Waals surface area (Å²) in [5, 5.41) is 0. The molecule has 2 aromatic carbocycles. The highest BCUT2D eigenvalue weighted by Crippen LogP contribution is 2.22. The van der Waals surface area contributed by atoms with Crippen LogP contribution in [0.4, 0.5) is 10.1 Å². The average Bonchev–Trinajstić information content (AvgIpc) is 2.96. The highest BCUT2D eigenvalue weighted by atomic mass is 19.1. The molecule has 0 saturated carbocycles. The van der Waals surface area contributed by atoms with Crippen molar-refractivity contribution in [1.82, 2.24) is 4.57 Å². The summed E-state index contributed by atoms with van der Waals surface area (Å²) in [6.07, 6.45) is 1.79. The number of carbonyl (C=O) groups is 1. The Morgan fingerprint density at radius 3 is 2.46 bits per heavy atom. The number of benzene rings is 2. The summed E-state index contributed by atoms with van der Waals surface area (Å²) in [6.45, 7) is 7.90. The maximum Gasteiger partial charge on any atom is 0.338 e. The Bertz CT molecular complexity index is 1030. The Morgan fingerprint density at radius 2 is 1.82 bits per heavy atom. The molecule has 28 heavy (non-hydrogen) atoms. The number of rotatable bonds is 5. The van der Waals surface area contributed by atoms with Crippen molar-refractivity contribution in [2.24, 2.45) is 4.99 Å². The largest absolute Gasteiger partial charge is 0.462 e. The fourth-order valence-electron chi connectivity index (χ4n) is 3.13. The van der Waals surface area contributed by atoms with Crippen molar-refractivity contribution >= 4 is 17.9 Å². The van der Waals surface area contributed by atoms with Gasteiger partial charge < -0.3 is 9.30 Å². The molecule has 5 heteroatoms. The van der Waals surface area contributed by atoms with E-state index in [2.05, 4.69) is 15.6 Å². The van der Waals surface area contributed by atoms with Crippen LogP contribution in [-0.2, 0) is 4.74 Å². The first-order valence-corrected chi connectivity index (χ1v) is 9.17. The number of nitrogens with zero attached hydrogens (tertiary/aromatic N) is 2. The molecule has 0 unspecified atom stereocenters. The second-order valence-electron chi connectivity index (χ2n) is 6.62. The van der Waals surface area contributed by atoms with E-state index in [9.17, 15) is 9.18 Å². The van der Waals surface area contributed by atoms with Gasteiger partial charge in [0.15, 0.2) is 0 Å². The van der Waals surface area contributed by atoms with Crippen LogP contribution < -0.4 is 0 Å². The summed E-state index contributed by atoms with van der Waals surface area (Å²) >= 11 is 0. The Morgan fingerprint density at radius 1 is 1.11 bits per heavy atom. The topological polar surface area (TPSA) is 43.6 Å². The number of aryl methyl sites for hydroxylation is 2. The molecule has 0 N–H and O–H groups in total. The number of esters is 1. The fourth-order valence-corrected chi connectivity index (χ4v) is 3.13. The van der Waals surface area contributed by atoms with E-state index < -0.39 is 0 Å². The number of aliphatic imine (C=N–C) groups is 1. The van der Waals surface area contributed by atoms with E-state index in [0.29, 0.717) is 23.4 Å². The van der Waals surface area contributed by atoms with Crippen molar-refractivity contribution in [3.05, 3.63) is 82.4 Å². The van der Waals surface area contributed by atoms with Gasteiger partial charge in [0.2, 0.25) is 0 Å². The average molecular weight is 378 g/mol. The lowest BCUT2D eigenvalue weighted by Crippen LogP contribution is -2.05. The monoisotopic (exact) mass is 378 g/mol. The van der Waals surface area contributed by atoms with E-state index >= 15 is 0 Å². The van der Waals surface area contributed by atoms with E-state index in [-0.39, 0.29) is 11.8 Å². The maximum atomic E-state index is 13.4. The van der Waals surface area contributed by atoms with Crippen LogP contribution in [0.5, 0.6) is 0 Å². The van der Waals surface area contributed by atoms with Crippen molar-refractivity contribution in [2.45, 2.75) is 27.7 Å². The van der Waals surface area contributed by atoms with E-state index in [1.165, 1.54) is 6.07 Å². The summed E-state index contributed by atoms with van der Waals surface area (Å²) < 4.78 is 20.5. The molecule has 0 spiro atoms. The lowest BCUT2D eigenvalue weighted by Gasteiger charge is -2.10. The van der Waals surface area contributed by atoms with E-state index in [0.717, 1.165) is 22.6 Å². The van der Waals surface area contributed by atoms with Crippen molar-refractivity contribution in [3.8, 4) is 5.69 Å². The predicted octanol–water partition coefficient (Wildman–Crippen LogP) is 5.47. The highest BCUT2D eigenvalue weighted by molar-refractivity contribution is 5.89. The van der Waals surface area contributed by atoms with E-state index in [4.69, 9.17) is 4.74 Å². The first kappa shape index (κ1) is 19.5. The molecule has 4 nitrogen and oxygen atoms in total. The van der Waals surface area contributed by atoms with E-state index in [1.807, 2.05) is 26.0 Å². The zero-order valence-corrected chi connectivity index (χ0v) is 16.5. The van der Waals surface area contributed by atoms with Gasteiger partial charge in [-0.15, -0.1) is 0 Å².